The van der Waals surface area contributed by atoms with Gasteiger partial charge in [0.05, 0.1) is 0 Å². The van der Waals surface area contributed by atoms with Crippen LogP contribution in [0.25, 0.3) is 0 Å². The second-order valence-corrected chi connectivity index (χ2v) is 22.4. The molecule has 0 fully saturated rings. The first kappa shape index (κ1) is 71.6. The third-order valence-electron chi connectivity index (χ3n) is 14.9. The number of rotatable bonds is 61. The molecule has 434 valence electrons. The van der Waals surface area contributed by atoms with Crippen LogP contribution in [0.3, 0.4) is 0 Å². The molecule has 0 aromatic carbocycles. The molecule has 0 N–H and O–H groups in total. The highest BCUT2D eigenvalue weighted by Crippen LogP contribution is 2.17. The van der Waals surface area contributed by atoms with E-state index in [1.165, 1.54) is 250 Å². The Labute approximate surface area is 461 Å². The van der Waals surface area contributed by atoms with Crippen molar-refractivity contribution in [3.05, 3.63) is 36.5 Å². The number of hydrogen-bond donors (Lipinski definition) is 0. The van der Waals surface area contributed by atoms with Gasteiger partial charge in [-0.15, -0.1) is 0 Å². The minimum Gasteiger partial charge on any atom is -0.462 e. The van der Waals surface area contributed by atoms with Gasteiger partial charge < -0.3 is 14.2 Å². The zero-order valence-corrected chi connectivity index (χ0v) is 49.9. The molecule has 0 amide bonds. The molecule has 0 saturated carbocycles. The Morgan fingerprint density at radius 3 is 0.770 bits per heavy atom. The largest absolute Gasteiger partial charge is 0.462 e. The summed E-state index contributed by atoms with van der Waals surface area (Å²) in [5.74, 6) is -0.855. The van der Waals surface area contributed by atoms with E-state index in [4.69, 9.17) is 14.2 Å². The molecule has 0 aliphatic rings. The van der Waals surface area contributed by atoms with E-state index < -0.39 is 6.10 Å². The van der Waals surface area contributed by atoms with Crippen molar-refractivity contribution >= 4 is 17.9 Å². The molecule has 0 aliphatic carbocycles. The van der Waals surface area contributed by atoms with E-state index in [-0.39, 0.29) is 31.1 Å². The maximum Gasteiger partial charge on any atom is 0.306 e. The maximum atomic E-state index is 12.9. The summed E-state index contributed by atoms with van der Waals surface area (Å²) < 4.78 is 16.9. The summed E-state index contributed by atoms with van der Waals surface area (Å²) in [5, 5.41) is 0. The van der Waals surface area contributed by atoms with Gasteiger partial charge in [-0.25, -0.2) is 0 Å². The SMILES string of the molecule is CCCCCC/C=C\C/C=C\CCCCCCCCCC(=O)OC(COC(=O)CCCCCCCCCCCCCCC)COC(=O)CCCCCCCCCCCCCCC/C=C\CCCCCCCCCC. The average molecular weight is 1040 g/mol. The van der Waals surface area contributed by atoms with Crippen molar-refractivity contribution < 1.29 is 28.6 Å². The number of unbranched alkanes of at least 4 members (excludes halogenated alkanes) is 44. The van der Waals surface area contributed by atoms with E-state index in [2.05, 4.69) is 57.2 Å². The van der Waals surface area contributed by atoms with Gasteiger partial charge in [-0.1, -0.05) is 301 Å². The van der Waals surface area contributed by atoms with Crippen LogP contribution in [0.1, 0.15) is 361 Å². The van der Waals surface area contributed by atoms with Crippen molar-refractivity contribution in [2.24, 2.45) is 0 Å². The molecular formula is C68H126O6. The fourth-order valence-corrected chi connectivity index (χ4v) is 9.88. The molecule has 0 rings (SSSR count). The van der Waals surface area contributed by atoms with Gasteiger partial charge in [-0.2, -0.15) is 0 Å². The van der Waals surface area contributed by atoms with Crippen LogP contribution in [0, 0.1) is 0 Å². The molecular weight excluding hydrogens is 913 g/mol. The van der Waals surface area contributed by atoms with Crippen molar-refractivity contribution in [2.75, 3.05) is 13.2 Å². The fourth-order valence-electron chi connectivity index (χ4n) is 9.88. The Morgan fingerprint density at radius 2 is 0.486 bits per heavy atom. The van der Waals surface area contributed by atoms with Crippen molar-refractivity contribution in [1.82, 2.24) is 0 Å². The fraction of sp³-hybridized carbons (Fsp3) is 0.868. The van der Waals surface area contributed by atoms with Crippen molar-refractivity contribution in [2.45, 2.75) is 367 Å². The molecule has 0 radical (unpaired) electrons. The quantitative estimate of drug-likeness (QED) is 0.0261. The maximum absolute atomic E-state index is 12.9. The first-order valence-corrected chi connectivity index (χ1v) is 33.0. The van der Waals surface area contributed by atoms with Crippen LogP contribution in [-0.4, -0.2) is 37.2 Å². The molecule has 0 aliphatic heterocycles. The van der Waals surface area contributed by atoms with Gasteiger partial charge in [0.1, 0.15) is 13.2 Å². The first-order chi connectivity index (χ1) is 36.5. The third-order valence-corrected chi connectivity index (χ3v) is 14.9. The van der Waals surface area contributed by atoms with Gasteiger partial charge in [0.2, 0.25) is 0 Å². The Balaban J connectivity index is 4.25. The number of carbonyl (C=O) groups excluding carboxylic acids is 3. The zero-order chi connectivity index (χ0) is 53.6. The molecule has 0 heterocycles. The van der Waals surface area contributed by atoms with Gasteiger partial charge in [0.25, 0.3) is 0 Å². The Bertz CT molecular complexity index is 1240. The van der Waals surface area contributed by atoms with Gasteiger partial charge in [-0.3, -0.25) is 14.4 Å². The minimum absolute atomic E-state index is 0.0708. The lowest BCUT2D eigenvalue weighted by Gasteiger charge is -2.18. The van der Waals surface area contributed by atoms with E-state index >= 15 is 0 Å². The molecule has 0 aromatic heterocycles. The predicted octanol–water partition coefficient (Wildman–Crippen LogP) is 22.4. The molecule has 1 unspecified atom stereocenters. The van der Waals surface area contributed by atoms with Crippen LogP contribution in [0.4, 0.5) is 0 Å². The Kier molecular flexibility index (Phi) is 61.1. The summed E-state index contributed by atoms with van der Waals surface area (Å²) >= 11 is 0. The monoisotopic (exact) mass is 1040 g/mol. The van der Waals surface area contributed by atoms with Crippen molar-refractivity contribution in [1.29, 1.82) is 0 Å². The van der Waals surface area contributed by atoms with Gasteiger partial charge in [0, 0.05) is 19.3 Å². The highest BCUT2D eigenvalue weighted by molar-refractivity contribution is 5.71. The predicted molar refractivity (Wildman–Crippen MR) is 321 cm³/mol. The van der Waals surface area contributed by atoms with Crippen LogP contribution in [0.15, 0.2) is 36.5 Å². The number of hydrogen-bond acceptors (Lipinski definition) is 6. The molecule has 6 nitrogen and oxygen atoms in total. The number of ether oxygens (including phenoxy) is 3. The minimum atomic E-state index is -0.774. The lowest BCUT2D eigenvalue weighted by atomic mass is 10.0. The molecule has 0 spiro atoms. The second kappa shape index (κ2) is 63.2. The molecule has 0 bridgehead atoms. The lowest BCUT2D eigenvalue weighted by Crippen LogP contribution is -2.30. The molecule has 0 saturated heterocycles. The van der Waals surface area contributed by atoms with Crippen LogP contribution in [0.5, 0.6) is 0 Å². The summed E-state index contributed by atoms with van der Waals surface area (Å²) in [5.41, 5.74) is 0. The van der Waals surface area contributed by atoms with E-state index in [9.17, 15) is 14.4 Å². The zero-order valence-electron chi connectivity index (χ0n) is 49.9. The van der Waals surface area contributed by atoms with Gasteiger partial charge in [-0.05, 0) is 77.0 Å². The number of esters is 3. The van der Waals surface area contributed by atoms with E-state index in [1.807, 2.05) is 0 Å². The normalized spacial score (nSPS) is 12.2. The topological polar surface area (TPSA) is 78.9 Å². The molecule has 1 atom stereocenters. The van der Waals surface area contributed by atoms with Gasteiger partial charge >= 0.3 is 17.9 Å². The summed E-state index contributed by atoms with van der Waals surface area (Å²) in [6.07, 6.45) is 77.3. The van der Waals surface area contributed by atoms with E-state index in [1.54, 1.807) is 0 Å². The standard InChI is InChI=1S/C68H126O6/c1-4-7-10-13-16-19-22-25-27-29-31-32-33-34-35-36-37-39-40-43-46-49-52-55-58-61-67(70)73-64-65(63-72-66(69)60-57-54-51-48-45-42-24-21-18-15-12-9-6-3)74-68(71)62-59-56-53-50-47-44-41-38-30-28-26-23-20-17-14-11-8-5-2/h20,23,28-31,65H,4-19,21-22,24-27,32-64H2,1-3H3/b23-20-,30-28-,31-29-. The smallest absolute Gasteiger partial charge is 0.306 e. The van der Waals surface area contributed by atoms with E-state index in [0.29, 0.717) is 19.3 Å². The Hall–Kier alpha value is -2.37. The average Bonchev–Trinajstić information content (AvgIpc) is 3.40. The highest BCUT2D eigenvalue weighted by atomic mass is 16.6. The van der Waals surface area contributed by atoms with Crippen LogP contribution in [0.2, 0.25) is 0 Å². The summed E-state index contributed by atoms with van der Waals surface area (Å²) in [4.78, 5) is 38.3. The Morgan fingerprint density at radius 1 is 0.270 bits per heavy atom. The summed E-state index contributed by atoms with van der Waals surface area (Å²) in [6.45, 7) is 6.67. The van der Waals surface area contributed by atoms with Gasteiger partial charge in [0.15, 0.2) is 6.10 Å². The van der Waals surface area contributed by atoms with Crippen molar-refractivity contribution in [3.63, 3.8) is 0 Å². The van der Waals surface area contributed by atoms with Crippen LogP contribution >= 0.6 is 0 Å². The number of allylic oxidation sites excluding steroid dienone is 6. The molecule has 0 aromatic rings. The highest BCUT2D eigenvalue weighted by Gasteiger charge is 2.19. The summed E-state index contributed by atoms with van der Waals surface area (Å²) in [7, 11) is 0. The first-order valence-electron chi connectivity index (χ1n) is 33.0. The molecule has 74 heavy (non-hydrogen) atoms. The van der Waals surface area contributed by atoms with Crippen LogP contribution < -0.4 is 0 Å². The molecule has 6 heteroatoms. The van der Waals surface area contributed by atoms with Crippen LogP contribution in [-0.2, 0) is 28.6 Å². The lowest BCUT2D eigenvalue weighted by molar-refractivity contribution is -0.167. The third kappa shape index (κ3) is 60.5. The number of carbonyl (C=O) groups is 3. The second-order valence-electron chi connectivity index (χ2n) is 22.4. The van der Waals surface area contributed by atoms with Crippen molar-refractivity contribution in [3.8, 4) is 0 Å². The van der Waals surface area contributed by atoms with E-state index in [0.717, 1.165) is 70.6 Å². The summed E-state index contributed by atoms with van der Waals surface area (Å²) in [6, 6.07) is 0.